The lowest BCUT2D eigenvalue weighted by Crippen LogP contribution is -2.18. The van der Waals surface area contributed by atoms with Gasteiger partial charge in [0.1, 0.15) is 11.6 Å². The number of aromatic nitrogens is 2. The van der Waals surface area contributed by atoms with Gasteiger partial charge in [0.15, 0.2) is 5.69 Å². The molecule has 0 fully saturated rings. The zero-order chi connectivity index (χ0) is 21.5. The van der Waals surface area contributed by atoms with Gasteiger partial charge in [-0.05, 0) is 17.7 Å². The number of primary amides is 1. The summed E-state index contributed by atoms with van der Waals surface area (Å²) in [5.41, 5.74) is 3.21. The van der Waals surface area contributed by atoms with Crippen LogP contribution >= 0.6 is 11.6 Å². The van der Waals surface area contributed by atoms with Crippen molar-refractivity contribution in [2.75, 3.05) is 7.11 Å². The maximum atomic E-state index is 14.7. The number of nitrogens with zero attached hydrogens (tertiary/aromatic N) is 2. The highest BCUT2D eigenvalue weighted by molar-refractivity contribution is 6.32. The Kier molecular flexibility index (Phi) is 5.27. The number of carbonyl (C=O) groups is 1. The highest BCUT2D eigenvalue weighted by Gasteiger charge is 2.41. The van der Waals surface area contributed by atoms with E-state index < -0.39 is 29.2 Å². The largest absolute Gasteiger partial charge is 0.495 e. The molecule has 0 atom stereocenters. The Morgan fingerprint density at radius 3 is 2.34 bits per heavy atom. The molecule has 2 N–H and O–H groups in total. The Morgan fingerprint density at radius 2 is 1.79 bits per heavy atom. The van der Waals surface area contributed by atoms with Crippen LogP contribution in [0, 0.1) is 5.82 Å². The molecule has 0 aliphatic rings. The standard InChI is InChI=1S/C19H14ClF4N3O2/c1-27-16(15(18(25)28)17(26-27)19(22,23)24)10-6-4-3-5-9(10)11-7-14(29-2)12(20)8-13(11)21/h3-8H,1-2H3,(H2,25,28). The Labute approximate surface area is 167 Å². The molecule has 5 nitrogen and oxygen atoms in total. The van der Waals surface area contributed by atoms with E-state index in [1.807, 2.05) is 0 Å². The Morgan fingerprint density at radius 1 is 1.17 bits per heavy atom. The SMILES string of the molecule is COc1cc(-c2ccccc2-c2c(C(N)=O)c(C(F)(F)F)nn2C)c(F)cc1Cl. The second kappa shape index (κ2) is 7.40. The van der Waals surface area contributed by atoms with Crippen LogP contribution in [-0.4, -0.2) is 22.8 Å². The van der Waals surface area contributed by atoms with E-state index in [-0.39, 0.29) is 33.2 Å². The number of aryl methyl sites for hydroxylation is 1. The minimum absolute atomic E-state index is 0.0204. The number of halogens is 5. The minimum Gasteiger partial charge on any atom is -0.495 e. The third-order valence-electron chi connectivity index (χ3n) is 4.28. The van der Waals surface area contributed by atoms with E-state index in [0.717, 1.165) is 10.7 Å². The molecule has 29 heavy (non-hydrogen) atoms. The number of rotatable bonds is 4. The number of carbonyl (C=O) groups excluding carboxylic acids is 1. The molecule has 1 amide bonds. The monoisotopic (exact) mass is 427 g/mol. The first-order valence-corrected chi connectivity index (χ1v) is 8.50. The summed E-state index contributed by atoms with van der Waals surface area (Å²) in [4.78, 5) is 11.9. The lowest BCUT2D eigenvalue weighted by molar-refractivity contribution is -0.141. The van der Waals surface area contributed by atoms with Crippen molar-refractivity contribution in [3.63, 3.8) is 0 Å². The van der Waals surface area contributed by atoms with Crippen molar-refractivity contribution in [1.29, 1.82) is 0 Å². The molecule has 3 aromatic rings. The third-order valence-corrected chi connectivity index (χ3v) is 4.57. The summed E-state index contributed by atoms with van der Waals surface area (Å²) in [6, 6.07) is 8.40. The molecule has 0 unspecified atom stereocenters. The predicted octanol–water partition coefficient (Wildman–Crippen LogP) is 4.67. The van der Waals surface area contributed by atoms with E-state index in [1.54, 1.807) is 6.07 Å². The van der Waals surface area contributed by atoms with Gasteiger partial charge in [0.2, 0.25) is 0 Å². The van der Waals surface area contributed by atoms with Gasteiger partial charge in [-0.3, -0.25) is 9.48 Å². The van der Waals surface area contributed by atoms with Gasteiger partial charge in [0.25, 0.3) is 5.91 Å². The summed E-state index contributed by atoms with van der Waals surface area (Å²) >= 11 is 5.93. The Hall–Kier alpha value is -3.07. The third kappa shape index (κ3) is 3.65. The zero-order valence-corrected chi connectivity index (χ0v) is 15.9. The molecule has 0 aliphatic carbocycles. The lowest BCUT2D eigenvalue weighted by Gasteiger charge is -2.14. The molecule has 0 radical (unpaired) electrons. The quantitative estimate of drug-likeness (QED) is 0.615. The van der Waals surface area contributed by atoms with Crippen molar-refractivity contribution in [2.24, 2.45) is 12.8 Å². The van der Waals surface area contributed by atoms with E-state index in [9.17, 15) is 22.4 Å². The number of alkyl halides is 3. The normalized spacial score (nSPS) is 11.6. The number of hydrogen-bond acceptors (Lipinski definition) is 3. The van der Waals surface area contributed by atoms with Gasteiger partial charge in [-0.25, -0.2) is 4.39 Å². The van der Waals surface area contributed by atoms with Crippen LogP contribution in [0.2, 0.25) is 5.02 Å². The topological polar surface area (TPSA) is 70.1 Å². The van der Waals surface area contributed by atoms with Gasteiger partial charge >= 0.3 is 6.18 Å². The average molecular weight is 428 g/mol. The van der Waals surface area contributed by atoms with Crippen molar-refractivity contribution >= 4 is 17.5 Å². The molecule has 0 saturated heterocycles. The number of amides is 1. The van der Waals surface area contributed by atoms with Crippen LogP contribution in [0.25, 0.3) is 22.4 Å². The van der Waals surface area contributed by atoms with E-state index >= 15 is 0 Å². The van der Waals surface area contributed by atoms with Crippen LogP contribution in [0.3, 0.4) is 0 Å². The lowest BCUT2D eigenvalue weighted by atomic mass is 9.94. The fourth-order valence-corrected chi connectivity index (χ4v) is 3.31. The smallest absolute Gasteiger partial charge is 0.435 e. The molecular weight excluding hydrogens is 414 g/mol. The summed E-state index contributed by atoms with van der Waals surface area (Å²) in [6.45, 7) is 0. The van der Waals surface area contributed by atoms with E-state index in [2.05, 4.69) is 5.10 Å². The number of hydrogen-bond donors (Lipinski definition) is 1. The first kappa shape index (κ1) is 20.7. The molecule has 10 heteroatoms. The average Bonchev–Trinajstić information content (AvgIpc) is 3.00. The first-order chi connectivity index (χ1) is 13.6. The summed E-state index contributed by atoms with van der Waals surface area (Å²) in [7, 11) is 2.59. The van der Waals surface area contributed by atoms with Crippen molar-refractivity contribution in [3.8, 4) is 28.1 Å². The molecule has 3 rings (SSSR count). The summed E-state index contributed by atoms with van der Waals surface area (Å²) in [6.07, 6.45) is -4.90. The zero-order valence-electron chi connectivity index (χ0n) is 15.1. The molecule has 2 aromatic carbocycles. The van der Waals surface area contributed by atoms with Crippen LogP contribution in [-0.2, 0) is 13.2 Å². The summed E-state index contributed by atoms with van der Waals surface area (Å²) < 4.78 is 60.8. The summed E-state index contributed by atoms with van der Waals surface area (Å²) in [5.74, 6) is -1.85. The van der Waals surface area contributed by atoms with Gasteiger partial charge in [0.05, 0.1) is 23.4 Å². The van der Waals surface area contributed by atoms with Gasteiger partial charge in [-0.1, -0.05) is 35.9 Å². The number of methoxy groups -OCH3 is 1. The van der Waals surface area contributed by atoms with Crippen LogP contribution < -0.4 is 10.5 Å². The van der Waals surface area contributed by atoms with Crippen LogP contribution in [0.15, 0.2) is 36.4 Å². The molecule has 1 heterocycles. The highest BCUT2D eigenvalue weighted by atomic mass is 35.5. The Bertz CT molecular complexity index is 1110. The van der Waals surface area contributed by atoms with Crippen LogP contribution in [0.4, 0.5) is 17.6 Å². The molecule has 0 saturated carbocycles. The number of benzene rings is 2. The van der Waals surface area contributed by atoms with Crippen molar-refractivity contribution in [2.45, 2.75) is 6.18 Å². The number of nitrogens with two attached hydrogens (primary N) is 1. The van der Waals surface area contributed by atoms with Gasteiger partial charge in [-0.2, -0.15) is 18.3 Å². The molecule has 0 aliphatic heterocycles. The van der Waals surface area contributed by atoms with Crippen LogP contribution in [0.5, 0.6) is 5.75 Å². The minimum atomic E-state index is -4.90. The molecule has 0 bridgehead atoms. The maximum Gasteiger partial charge on any atom is 0.435 e. The van der Waals surface area contributed by atoms with Gasteiger partial charge in [0, 0.05) is 18.2 Å². The predicted molar refractivity (Wildman–Crippen MR) is 99.1 cm³/mol. The second-order valence-corrected chi connectivity index (χ2v) is 6.48. The Balaban J connectivity index is 2.36. The van der Waals surface area contributed by atoms with Gasteiger partial charge in [-0.15, -0.1) is 0 Å². The van der Waals surface area contributed by atoms with Crippen molar-refractivity contribution in [1.82, 2.24) is 9.78 Å². The van der Waals surface area contributed by atoms with Crippen LogP contribution in [0.1, 0.15) is 16.1 Å². The highest BCUT2D eigenvalue weighted by Crippen LogP contribution is 2.41. The summed E-state index contributed by atoms with van der Waals surface area (Å²) in [5, 5.41) is 3.47. The maximum absolute atomic E-state index is 14.7. The number of ether oxygens (including phenoxy) is 1. The molecular formula is C19H14ClF4N3O2. The second-order valence-electron chi connectivity index (χ2n) is 6.07. The van der Waals surface area contributed by atoms with Gasteiger partial charge < -0.3 is 10.5 Å². The van der Waals surface area contributed by atoms with E-state index in [0.29, 0.717) is 0 Å². The molecule has 0 spiro atoms. The fraction of sp³-hybridized carbons (Fsp3) is 0.158. The molecule has 1 aromatic heterocycles. The fourth-order valence-electron chi connectivity index (χ4n) is 3.08. The molecule has 152 valence electrons. The van der Waals surface area contributed by atoms with E-state index in [1.165, 1.54) is 38.4 Å². The first-order valence-electron chi connectivity index (χ1n) is 8.13. The van der Waals surface area contributed by atoms with E-state index in [4.69, 9.17) is 22.1 Å². The van der Waals surface area contributed by atoms with Crippen molar-refractivity contribution < 1.29 is 27.1 Å². The van der Waals surface area contributed by atoms with Crippen molar-refractivity contribution in [3.05, 3.63) is 58.5 Å².